The summed E-state index contributed by atoms with van der Waals surface area (Å²) in [7, 11) is 4.50. The van der Waals surface area contributed by atoms with Gasteiger partial charge in [-0.25, -0.2) is 0 Å². The molecule has 1 rings (SSSR count). The van der Waals surface area contributed by atoms with Crippen LogP contribution in [0, 0.1) is 0 Å². The van der Waals surface area contributed by atoms with Crippen molar-refractivity contribution < 1.29 is 0 Å². The summed E-state index contributed by atoms with van der Waals surface area (Å²) in [6.07, 6.45) is 0. The van der Waals surface area contributed by atoms with Crippen LogP contribution < -0.4 is 22.5 Å². The summed E-state index contributed by atoms with van der Waals surface area (Å²) in [4.78, 5) is 0. The Morgan fingerprint density at radius 2 is 0.889 bits per heavy atom. The zero-order chi connectivity index (χ0) is 8.12. The molecule has 4 heteroatoms. The van der Waals surface area contributed by atoms with Gasteiger partial charge in [-0.05, 0) is 21.1 Å². The number of nitrogens with two attached hydrogens (primary N) is 3. The predicted octanol–water partition coefficient (Wildman–Crippen LogP) is -1.69. The first-order valence-corrected chi connectivity index (χ1v) is 2.94. The van der Waals surface area contributed by atoms with Gasteiger partial charge in [-0.1, -0.05) is 0 Å². The summed E-state index contributed by atoms with van der Waals surface area (Å²) in [6, 6.07) is 0. The van der Waals surface area contributed by atoms with E-state index in [1.807, 2.05) is 0 Å². The van der Waals surface area contributed by atoms with Crippen LogP contribution in [0.25, 0.3) is 0 Å². The van der Waals surface area contributed by atoms with E-state index in [1.165, 1.54) is 34.2 Å². The fraction of sp³-hybridized carbons (Fsp3) is 1.00. The Kier molecular flexibility index (Phi) is 80.5. The van der Waals surface area contributed by atoms with Crippen molar-refractivity contribution in [2.75, 3.05) is 34.2 Å². The minimum Gasteiger partial charge on any atom is -0.333 e. The van der Waals surface area contributed by atoms with Crippen molar-refractivity contribution in [2.24, 2.45) is 17.2 Å². The lowest BCUT2D eigenvalue weighted by molar-refractivity contribution is 1.34. The monoisotopic (exact) mass is 136 g/mol. The van der Waals surface area contributed by atoms with Crippen molar-refractivity contribution in [3.05, 3.63) is 0 Å². The summed E-state index contributed by atoms with van der Waals surface area (Å²) in [5.41, 5.74) is 13.5. The standard InChI is InChI=1S/C2H5N.3CH5N/c1-2-3-1;3*1-2/h3H,1-2H2;3*2H2,1H3. The molecule has 1 saturated heterocycles. The molecular weight excluding hydrogens is 116 g/mol. The molecule has 0 aromatic heterocycles. The van der Waals surface area contributed by atoms with E-state index in [9.17, 15) is 0 Å². The summed E-state index contributed by atoms with van der Waals surface area (Å²) >= 11 is 0. The zero-order valence-electron chi connectivity index (χ0n) is 6.65. The molecule has 0 radical (unpaired) electrons. The average Bonchev–Trinajstić information content (AvgIpc) is 2.84. The molecule has 0 saturated carbocycles. The first kappa shape index (κ1) is 15.9. The number of hydrogen-bond acceptors (Lipinski definition) is 4. The van der Waals surface area contributed by atoms with Gasteiger partial charge in [-0.2, -0.15) is 0 Å². The van der Waals surface area contributed by atoms with Gasteiger partial charge in [-0.3, -0.25) is 0 Å². The van der Waals surface area contributed by atoms with Gasteiger partial charge in [0.1, 0.15) is 0 Å². The van der Waals surface area contributed by atoms with Crippen LogP contribution in [0.1, 0.15) is 0 Å². The van der Waals surface area contributed by atoms with Crippen LogP contribution in [0.15, 0.2) is 0 Å². The van der Waals surface area contributed by atoms with Gasteiger partial charge in [0.15, 0.2) is 0 Å². The molecule has 4 nitrogen and oxygen atoms in total. The molecule has 0 spiro atoms. The molecule has 0 amide bonds. The Balaban J connectivity index is -0.0000000557. The van der Waals surface area contributed by atoms with Gasteiger partial charge >= 0.3 is 0 Å². The molecule has 0 aliphatic carbocycles. The largest absolute Gasteiger partial charge is 0.333 e. The van der Waals surface area contributed by atoms with Crippen LogP contribution in [0.4, 0.5) is 0 Å². The molecule has 0 aromatic carbocycles. The van der Waals surface area contributed by atoms with Crippen LogP contribution in [-0.4, -0.2) is 34.2 Å². The molecule has 0 aromatic rings. The second kappa shape index (κ2) is 45.5. The third kappa shape index (κ3) is 379. The van der Waals surface area contributed by atoms with Crippen LogP contribution in [0.5, 0.6) is 0 Å². The maximum atomic E-state index is 4.50. The van der Waals surface area contributed by atoms with E-state index in [0.29, 0.717) is 0 Å². The maximum Gasteiger partial charge on any atom is 0.00772 e. The molecule has 0 atom stereocenters. The van der Waals surface area contributed by atoms with E-state index in [2.05, 4.69) is 22.5 Å². The molecular formula is C5H20N4. The van der Waals surface area contributed by atoms with Crippen molar-refractivity contribution in [3.8, 4) is 0 Å². The molecule has 9 heavy (non-hydrogen) atoms. The van der Waals surface area contributed by atoms with Gasteiger partial charge in [0.2, 0.25) is 0 Å². The van der Waals surface area contributed by atoms with Crippen molar-refractivity contribution in [2.45, 2.75) is 0 Å². The van der Waals surface area contributed by atoms with E-state index in [1.54, 1.807) is 0 Å². The smallest absolute Gasteiger partial charge is 0.00772 e. The maximum absolute atomic E-state index is 4.50. The lowest BCUT2D eigenvalue weighted by Gasteiger charge is -1.21. The van der Waals surface area contributed by atoms with Crippen molar-refractivity contribution in [1.29, 1.82) is 0 Å². The van der Waals surface area contributed by atoms with Crippen LogP contribution in [0.2, 0.25) is 0 Å². The molecule has 0 unspecified atom stereocenters. The summed E-state index contributed by atoms with van der Waals surface area (Å²) in [5.74, 6) is 0. The zero-order valence-corrected chi connectivity index (χ0v) is 6.65. The Bertz CT molecular complexity index is 13.7. The van der Waals surface area contributed by atoms with Gasteiger partial charge in [0, 0.05) is 13.1 Å². The van der Waals surface area contributed by atoms with Crippen molar-refractivity contribution in [3.63, 3.8) is 0 Å². The Labute approximate surface area is 57.8 Å². The molecule has 60 valence electrons. The first-order chi connectivity index (χ1) is 4.50. The van der Waals surface area contributed by atoms with Gasteiger partial charge < -0.3 is 22.5 Å². The first-order valence-electron chi connectivity index (χ1n) is 2.94. The molecule has 1 aliphatic rings. The van der Waals surface area contributed by atoms with E-state index >= 15 is 0 Å². The summed E-state index contributed by atoms with van der Waals surface area (Å²) < 4.78 is 0. The minimum absolute atomic E-state index is 1.25. The Morgan fingerprint density at radius 1 is 0.778 bits per heavy atom. The van der Waals surface area contributed by atoms with Crippen LogP contribution in [0.3, 0.4) is 0 Å². The SMILES string of the molecule is C1CN1.CN.CN.CN. The second-order valence-corrected chi connectivity index (χ2v) is 0.750. The van der Waals surface area contributed by atoms with Crippen molar-refractivity contribution in [1.82, 2.24) is 5.32 Å². The fourth-order valence-corrected chi connectivity index (χ4v) is 0. The van der Waals surface area contributed by atoms with Crippen LogP contribution >= 0.6 is 0 Å². The normalized spacial score (nSPS) is 10.0. The third-order valence-corrected chi connectivity index (χ3v) is 0.250. The highest BCUT2D eigenvalue weighted by Gasteiger charge is 1.91. The number of rotatable bonds is 0. The lowest BCUT2D eigenvalue weighted by atomic mass is 11.0. The van der Waals surface area contributed by atoms with E-state index in [4.69, 9.17) is 0 Å². The highest BCUT2D eigenvalue weighted by molar-refractivity contribution is 4.58. The second-order valence-electron chi connectivity index (χ2n) is 0.750. The van der Waals surface area contributed by atoms with Gasteiger partial charge in [-0.15, -0.1) is 0 Å². The number of hydrogen-bond donors (Lipinski definition) is 4. The minimum atomic E-state index is 1.25. The van der Waals surface area contributed by atoms with Crippen molar-refractivity contribution >= 4 is 0 Å². The molecule has 0 bridgehead atoms. The Morgan fingerprint density at radius 3 is 0.889 bits per heavy atom. The highest BCUT2D eigenvalue weighted by atomic mass is 15.0. The third-order valence-electron chi connectivity index (χ3n) is 0.250. The van der Waals surface area contributed by atoms with Gasteiger partial charge in [0.25, 0.3) is 0 Å². The van der Waals surface area contributed by atoms with E-state index in [0.717, 1.165) is 0 Å². The number of nitrogens with one attached hydrogen (secondary N) is 1. The molecule has 7 N–H and O–H groups in total. The summed E-state index contributed by atoms with van der Waals surface area (Å²) in [6.45, 7) is 2.50. The van der Waals surface area contributed by atoms with Crippen LogP contribution in [-0.2, 0) is 0 Å². The average molecular weight is 136 g/mol. The van der Waals surface area contributed by atoms with E-state index in [-0.39, 0.29) is 0 Å². The molecule has 1 heterocycles. The highest BCUT2D eigenvalue weighted by Crippen LogP contribution is 1.65. The van der Waals surface area contributed by atoms with E-state index < -0.39 is 0 Å². The molecule has 1 fully saturated rings. The Hall–Kier alpha value is -0.160. The summed E-state index contributed by atoms with van der Waals surface area (Å²) in [5, 5.41) is 3.00. The predicted molar refractivity (Wildman–Crippen MR) is 43.2 cm³/mol. The van der Waals surface area contributed by atoms with Gasteiger partial charge in [0.05, 0.1) is 0 Å². The quantitative estimate of drug-likeness (QED) is 0.299. The lowest BCUT2D eigenvalue weighted by Crippen LogP contribution is -1.69. The topological polar surface area (TPSA) is 100 Å². The fourth-order valence-electron chi connectivity index (χ4n) is 0. The molecule has 1 aliphatic heterocycles.